The lowest BCUT2D eigenvalue weighted by atomic mass is 10.0. The highest BCUT2D eigenvalue weighted by Gasteiger charge is 2.24. The Morgan fingerprint density at radius 1 is 1.35 bits per heavy atom. The second-order valence-electron chi connectivity index (χ2n) is 4.15. The molecule has 1 unspecified atom stereocenters. The third-order valence-electron chi connectivity index (χ3n) is 2.79. The van der Waals surface area contributed by atoms with Crippen molar-refractivity contribution in [1.29, 1.82) is 0 Å². The first-order valence-electron chi connectivity index (χ1n) is 5.27. The van der Waals surface area contributed by atoms with Crippen LogP contribution in [0.1, 0.15) is 18.4 Å². The van der Waals surface area contributed by atoms with Crippen molar-refractivity contribution in [2.45, 2.75) is 17.7 Å². The van der Waals surface area contributed by atoms with Gasteiger partial charge in [-0.05, 0) is 24.1 Å². The third-order valence-corrected chi connectivity index (χ3v) is 3.94. The zero-order valence-electron chi connectivity index (χ0n) is 9.76. The summed E-state index contributed by atoms with van der Waals surface area (Å²) in [5.74, 6) is 1.00. The van der Waals surface area contributed by atoms with Crippen LogP contribution in [0.15, 0.2) is 17.0 Å². The molecule has 0 spiro atoms. The van der Waals surface area contributed by atoms with Crippen molar-refractivity contribution in [3.8, 4) is 11.5 Å². The van der Waals surface area contributed by atoms with E-state index < -0.39 is 9.84 Å². The number of hydrogen-bond acceptors (Lipinski definition) is 5. The standard InChI is InChI=1S/C11H15NO4S/c1-7(5-12)8-3-9-10(16-6-15-9)4-11(8)17(2,13)14/h3-4,7H,5-6,12H2,1-2H3. The molecule has 6 heteroatoms. The molecule has 94 valence electrons. The Morgan fingerprint density at radius 2 is 1.94 bits per heavy atom. The maximum Gasteiger partial charge on any atom is 0.231 e. The Bertz CT molecular complexity index is 539. The van der Waals surface area contributed by atoms with E-state index in [4.69, 9.17) is 15.2 Å². The Labute approximate surface area is 100 Å². The van der Waals surface area contributed by atoms with Gasteiger partial charge in [0.25, 0.3) is 0 Å². The summed E-state index contributed by atoms with van der Waals surface area (Å²) >= 11 is 0. The summed E-state index contributed by atoms with van der Waals surface area (Å²) in [4.78, 5) is 0.264. The largest absolute Gasteiger partial charge is 0.454 e. The molecule has 0 radical (unpaired) electrons. The summed E-state index contributed by atoms with van der Waals surface area (Å²) in [6.45, 7) is 2.38. The van der Waals surface area contributed by atoms with E-state index in [1.54, 1.807) is 6.07 Å². The molecule has 0 fully saturated rings. The number of ether oxygens (including phenoxy) is 2. The van der Waals surface area contributed by atoms with Crippen molar-refractivity contribution < 1.29 is 17.9 Å². The summed E-state index contributed by atoms with van der Waals surface area (Å²) in [6, 6.07) is 3.22. The molecular weight excluding hydrogens is 242 g/mol. The molecule has 1 aromatic carbocycles. The average molecular weight is 257 g/mol. The van der Waals surface area contributed by atoms with E-state index in [1.165, 1.54) is 12.3 Å². The first kappa shape index (κ1) is 12.2. The lowest BCUT2D eigenvalue weighted by Crippen LogP contribution is -2.13. The number of benzene rings is 1. The fourth-order valence-corrected chi connectivity index (χ4v) is 2.78. The third kappa shape index (κ3) is 2.23. The number of hydrogen-bond donors (Lipinski definition) is 1. The highest BCUT2D eigenvalue weighted by molar-refractivity contribution is 7.90. The van der Waals surface area contributed by atoms with Gasteiger partial charge in [-0.25, -0.2) is 8.42 Å². The average Bonchev–Trinajstić information content (AvgIpc) is 2.72. The van der Waals surface area contributed by atoms with Crippen LogP contribution >= 0.6 is 0 Å². The number of nitrogens with two attached hydrogens (primary N) is 1. The van der Waals surface area contributed by atoms with Gasteiger partial charge in [-0.2, -0.15) is 0 Å². The lowest BCUT2D eigenvalue weighted by molar-refractivity contribution is 0.174. The first-order chi connectivity index (χ1) is 7.93. The molecule has 17 heavy (non-hydrogen) atoms. The van der Waals surface area contributed by atoms with Gasteiger partial charge in [-0.15, -0.1) is 0 Å². The van der Waals surface area contributed by atoms with Gasteiger partial charge in [0.05, 0.1) is 4.90 Å². The van der Waals surface area contributed by atoms with Crippen LogP contribution in [-0.4, -0.2) is 28.0 Å². The summed E-state index contributed by atoms with van der Waals surface area (Å²) in [7, 11) is -3.30. The minimum atomic E-state index is -3.30. The van der Waals surface area contributed by atoms with Gasteiger partial charge in [-0.3, -0.25) is 0 Å². The predicted molar refractivity (Wildman–Crippen MR) is 63.1 cm³/mol. The molecule has 5 nitrogen and oxygen atoms in total. The molecule has 1 heterocycles. The maximum absolute atomic E-state index is 11.7. The Morgan fingerprint density at radius 3 is 2.47 bits per heavy atom. The highest BCUT2D eigenvalue weighted by atomic mass is 32.2. The molecule has 2 N–H and O–H groups in total. The molecule has 1 aliphatic rings. The van der Waals surface area contributed by atoms with Crippen LogP contribution in [0.4, 0.5) is 0 Å². The van der Waals surface area contributed by atoms with E-state index >= 15 is 0 Å². The van der Waals surface area contributed by atoms with E-state index in [9.17, 15) is 8.42 Å². The van der Waals surface area contributed by atoms with Crippen LogP contribution in [0.2, 0.25) is 0 Å². The van der Waals surface area contributed by atoms with Gasteiger partial charge in [-0.1, -0.05) is 6.92 Å². The van der Waals surface area contributed by atoms with E-state index in [2.05, 4.69) is 0 Å². The van der Waals surface area contributed by atoms with E-state index in [-0.39, 0.29) is 17.6 Å². The quantitative estimate of drug-likeness (QED) is 0.869. The van der Waals surface area contributed by atoms with Gasteiger partial charge in [0.15, 0.2) is 21.3 Å². The van der Waals surface area contributed by atoms with Crippen molar-refractivity contribution in [3.63, 3.8) is 0 Å². The number of fused-ring (bicyclic) bond motifs is 1. The van der Waals surface area contributed by atoms with Crippen LogP contribution in [0.3, 0.4) is 0 Å². The smallest absolute Gasteiger partial charge is 0.231 e. The van der Waals surface area contributed by atoms with Crippen LogP contribution in [0.5, 0.6) is 11.5 Å². The molecule has 0 aromatic heterocycles. The van der Waals surface area contributed by atoms with Crippen molar-refractivity contribution >= 4 is 9.84 Å². The van der Waals surface area contributed by atoms with Crippen molar-refractivity contribution in [2.75, 3.05) is 19.6 Å². The van der Waals surface area contributed by atoms with E-state index in [0.717, 1.165) is 0 Å². The van der Waals surface area contributed by atoms with Crippen molar-refractivity contribution in [2.24, 2.45) is 5.73 Å². The Hall–Kier alpha value is -1.27. The predicted octanol–water partition coefficient (Wildman–Crippen LogP) is 0.881. The maximum atomic E-state index is 11.7. The molecular formula is C11H15NO4S. The lowest BCUT2D eigenvalue weighted by Gasteiger charge is -2.14. The normalized spacial score (nSPS) is 15.9. The zero-order chi connectivity index (χ0) is 12.6. The summed E-state index contributed by atoms with van der Waals surface area (Å²) in [5, 5.41) is 0. The monoisotopic (exact) mass is 257 g/mol. The van der Waals surface area contributed by atoms with E-state index in [0.29, 0.717) is 23.6 Å². The topological polar surface area (TPSA) is 78.6 Å². The SMILES string of the molecule is CC(CN)c1cc2c(cc1S(C)(=O)=O)OCO2. The molecule has 0 saturated heterocycles. The van der Waals surface area contributed by atoms with Crippen LogP contribution < -0.4 is 15.2 Å². The van der Waals surface area contributed by atoms with Crippen molar-refractivity contribution in [1.82, 2.24) is 0 Å². The molecule has 0 saturated carbocycles. The summed E-state index contributed by atoms with van der Waals surface area (Å²) in [6.07, 6.45) is 1.18. The van der Waals surface area contributed by atoms with Gasteiger partial charge in [0, 0.05) is 12.3 Å². The molecule has 1 atom stereocenters. The fourth-order valence-electron chi connectivity index (χ4n) is 1.77. The molecule has 0 amide bonds. The number of rotatable bonds is 3. The van der Waals surface area contributed by atoms with Crippen molar-refractivity contribution in [3.05, 3.63) is 17.7 Å². The van der Waals surface area contributed by atoms with Gasteiger partial charge >= 0.3 is 0 Å². The molecule has 1 aliphatic heterocycles. The Balaban J connectivity index is 2.63. The van der Waals surface area contributed by atoms with Gasteiger partial charge in [0.2, 0.25) is 6.79 Å². The molecule has 0 bridgehead atoms. The van der Waals surface area contributed by atoms with Gasteiger partial charge < -0.3 is 15.2 Å². The summed E-state index contributed by atoms with van der Waals surface area (Å²) < 4.78 is 33.9. The molecule has 0 aliphatic carbocycles. The second-order valence-corrected chi connectivity index (χ2v) is 6.14. The van der Waals surface area contributed by atoms with E-state index in [1.807, 2.05) is 6.92 Å². The number of sulfone groups is 1. The highest BCUT2D eigenvalue weighted by Crippen LogP contribution is 2.38. The minimum Gasteiger partial charge on any atom is -0.454 e. The first-order valence-corrected chi connectivity index (χ1v) is 7.16. The Kier molecular flexibility index (Phi) is 3.01. The fraction of sp³-hybridized carbons (Fsp3) is 0.455. The molecule has 1 aromatic rings. The minimum absolute atomic E-state index is 0.0470. The molecule has 2 rings (SSSR count). The zero-order valence-corrected chi connectivity index (χ0v) is 10.6. The van der Waals surface area contributed by atoms with Crippen LogP contribution in [0, 0.1) is 0 Å². The van der Waals surface area contributed by atoms with Gasteiger partial charge in [0.1, 0.15) is 0 Å². The summed E-state index contributed by atoms with van der Waals surface area (Å²) in [5.41, 5.74) is 6.27. The van der Waals surface area contributed by atoms with Crippen LogP contribution in [-0.2, 0) is 9.84 Å². The van der Waals surface area contributed by atoms with Crippen LogP contribution in [0.25, 0.3) is 0 Å². The second kappa shape index (κ2) is 4.19.